The maximum absolute atomic E-state index is 12.1. The molecule has 0 spiro atoms. The number of nitrogens with zero attached hydrogens (tertiary/aromatic N) is 1. The Morgan fingerprint density at radius 3 is 2.00 bits per heavy atom. The van der Waals surface area contributed by atoms with E-state index in [-0.39, 0.29) is 18.6 Å². The van der Waals surface area contributed by atoms with Gasteiger partial charge in [-0.05, 0) is 23.3 Å². The first-order valence-electron chi connectivity index (χ1n) is 7.75. The SMILES string of the molecule is O=C(COC(c1ccccc1)c1ccccc1)Nc1ccccn1. The second-order valence-corrected chi connectivity index (χ2v) is 5.28. The Kier molecular flexibility index (Phi) is 5.32. The molecule has 3 aromatic rings. The maximum atomic E-state index is 12.1. The van der Waals surface area contributed by atoms with E-state index in [2.05, 4.69) is 10.3 Å². The van der Waals surface area contributed by atoms with E-state index in [1.807, 2.05) is 66.7 Å². The molecule has 2 aromatic carbocycles. The van der Waals surface area contributed by atoms with Gasteiger partial charge in [-0.2, -0.15) is 0 Å². The minimum atomic E-state index is -0.290. The molecule has 0 fully saturated rings. The molecule has 4 nitrogen and oxygen atoms in total. The van der Waals surface area contributed by atoms with E-state index in [1.54, 1.807) is 18.3 Å². The molecular weight excluding hydrogens is 300 g/mol. The Balaban J connectivity index is 1.70. The van der Waals surface area contributed by atoms with Gasteiger partial charge >= 0.3 is 0 Å². The van der Waals surface area contributed by atoms with E-state index in [9.17, 15) is 4.79 Å². The van der Waals surface area contributed by atoms with Crippen LogP contribution < -0.4 is 5.32 Å². The van der Waals surface area contributed by atoms with E-state index >= 15 is 0 Å². The number of nitrogens with one attached hydrogen (secondary N) is 1. The van der Waals surface area contributed by atoms with Crippen LogP contribution in [0.3, 0.4) is 0 Å². The fourth-order valence-electron chi connectivity index (χ4n) is 2.42. The zero-order valence-corrected chi connectivity index (χ0v) is 13.1. The molecular formula is C20H18N2O2. The van der Waals surface area contributed by atoms with Gasteiger partial charge in [-0.3, -0.25) is 4.79 Å². The third-order valence-electron chi connectivity index (χ3n) is 3.52. The third kappa shape index (κ3) is 4.27. The summed E-state index contributed by atoms with van der Waals surface area (Å²) in [7, 11) is 0. The van der Waals surface area contributed by atoms with Crippen molar-refractivity contribution in [1.82, 2.24) is 4.98 Å². The highest BCUT2D eigenvalue weighted by molar-refractivity contribution is 5.90. The molecule has 0 atom stereocenters. The summed E-state index contributed by atoms with van der Waals surface area (Å²) in [4.78, 5) is 16.2. The first kappa shape index (κ1) is 15.9. The molecule has 1 aromatic heterocycles. The summed E-state index contributed by atoms with van der Waals surface area (Å²) in [6.45, 7) is -0.0506. The van der Waals surface area contributed by atoms with Crippen molar-refractivity contribution < 1.29 is 9.53 Å². The molecule has 0 aliphatic heterocycles. The number of rotatable bonds is 6. The van der Waals surface area contributed by atoms with Gasteiger partial charge < -0.3 is 10.1 Å². The highest BCUT2D eigenvalue weighted by atomic mass is 16.5. The average Bonchev–Trinajstić information content (AvgIpc) is 2.64. The Hall–Kier alpha value is -2.98. The van der Waals surface area contributed by atoms with Crippen LogP contribution in [-0.2, 0) is 9.53 Å². The van der Waals surface area contributed by atoms with Crippen LogP contribution in [0.25, 0.3) is 0 Å². The molecule has 3 rings (SSSR count). The number of pyridine rings is 1. The van der Waals surface area contributed by atoms with Crippen LogP contribution in [0.1, 0.15) is 17.2 Å². The molecule has 1 amide bonds. The number of benzene rings is 2. The standard InChI is InChI=1S/C20H18N2O2/c23-19(22-18-13-7-8-14-21-18)15-24-20(16-9-3-1-4-10-16)17-11-5-2-6-12-17/h1-14,20H,15H2,(H,21,22,23). The summed E-state index contributed by atoms with van der Waals surface area (Å²) in [5, 5.41) is 2.73. The number of hydrogen-bond donors (Lipinski definition) is 1. The molecule has 0 saturated carbocycles. The molecule has 0 saturated heterocycles. The molecule has 1 heterocycles. The van der Waals surface area contributed by atoms with Crippen molar-refractivity contribution in [2.75, 3.05) is 11.9 Å². The topological polar surface area (TPSA) is 51.2 Å². The number of anilines is 1. The highest BCUT2D eigenvalue weighted by Crippen LogP contribution is 2.25. The largest absolute Gasteiger partial charge is 0.359 e. The smallest absolute Gasteiger partial charge is 0.251 e. The van der Waals surface area contributed by atoms with Crippen LogP contribution in [0.5, 0.6) is 0 Å². The first-order valence-corrected chi connectivity index (χ1v) is 7.75. The summed E-state index contributed by atoms with van der Waals surface area (Å²) < 4.78 is 5.91. The first-order chi connectivity index (χ1) is 11.8. The quantitative estimate of drug-likeness (QED) is 0.751. The Labute approximate surface area is 141 Å². The van der Waals surface area contributed by atoms with Gasteiger partial charge in [0.15, 0.2) is 0 Å². The summed E-state index contributed by atoms with van der Waals surface area (Å²) in [6, 6.07) is 25.1. The fraction of sp³-hybridized carbons (Fsp3) is 0.100. The Bertz CT molecular complexity index is 722. The van der Waals surface area contributed by atoms with Crippen molar-refractivity contribution in [3.8, 4) is 0 Å². The molecule has 120 valence electrons. The average molecular weight is 318 g/mol. The summed E-state index contributed by atoms with van der Waals surface area (Å²) in [5.41, 5.74) is 2.02. The zero-order valence-electron chi connectivity index (χ0n) is 13.1. The lowest BCUT2D eigenvalue weighted by atomic mass is 10.0. The monoisotopic (exact) mass is 318 g/mol. The Morgan fingerprint density at radius 1 is 0.875 bits per heavy atom. The molecule has 1 N–H and O–H groups in total. The number of amides is 1. The van der Waals surface area contributed by atoms with Crippen molar-refractivity contribution in [2.45, 2.75) is 6.10 Å². The van der Waals surface area contributed by atoms with E-state index in [1.165, 1.54) is 0 Å². The molecule has 0 aliphatic carbocycles. The van der Waals surface area contributed by atoms with E-state index in [4.69, 9.17) is 4.74 Å². The fourth-order valence-corrected chi connectivity index (χ4v) is 2.42. The minimum absolute atomic E-state index is 0.0506. The number of carbonyl (C=O) groups is 1. The number of hydrogen-bond acceptors (Lipinski definition) is 3. The summed E-state index contributed by atoms with van der Waals surface area (Å²) in [6.07, 6.45) is 1.34. The third-order valence-corrected chi connectivity index (χ3v) is 3.52. The predicted molar refractivity (Wildman–Crippen MR) is 93.5 cm³/mol. The predicted octanol–water partition coefficient (Wildman–Crippen LogP) is 3.83. The van der Waals surface area contributed by atoms with Gasteiger partial charge in [-0.25, -0.2) is 4.98 Å². The lowest BCUT2D eigenvalue weighted by Crippen LogP contribution is -2.21. The molecule has 0 aliphatic rings. The van der Waals surface area contributed by atoms with Gasteiger partial charge in [0.25, 0.3) is 5.91 Å². The van der Waals surface area contributed by atoms with Gasteiger partial charge in [-0.15, -0.1) is 0 Å². The van der Waals surface area contributed by atoms with Crippen LogP contribution in [0.4, 0.5) is 5.82 Å². The van der Waals surface area contributed by atoms with Crippen molar-refractivity contribution >= 4 is 11.7 Å². The van der Waals surface area contributed by atoms with Gasteiger partial charge in [-0.1, -0.05) is 66.7 Å². The second kappa shape index (κ2) is 8.04. The zero-order chi connectivity index (χ0) is 16.6. The molecule has 0 bridgehead atoms. The van der Waals surface area contributed by atoms with Crippen LogP contribution in [0.2, 0.25) is 0 Å². The van der Waals surface area contributed by atoms with E-state index in [0.29, 0.717) is 5.82 Å². The molecule has 4 heteroatoms. The van der Waals surface area contributed by atoms with E-state index < -0.39 is 0 Å². The second-order valence-electron chi connectivity index (χ2n) is 5.28. The molecule has 24 heavy (non-hydrogen) atoms. The number of aromatic nitrogens is 1. The van der Waals surface area contributed by atoms with Crippen LogP contribution in [0, 0.1) is 0 Å². The van der Waals surface area contributed by atoms with Gasteiger partial charge in [0.2, 0.25) is 0 Å². The van der Waals surface area contributed by atoms with Gasteiger partial charge in [0, 0.05) is 6.20 Å². The number of carbonyl (C=O) groups excluding carboxylic acids is 1. The number of ether oxygens (including phenoxy) is 1. The lowest BCUT2D eigenvalue weighted by molar-refractivity contribution is -0.121. The van der Waals surface area contributed by atoms with Crippen LogP contribution in [-0.4, -0.2) is 17.5 Å². The molecule has 0 radical (unpaired) electrons. The summed E-state index contributed by atoms with van der Waals surface area (Å²) in [5.74, 6) is 0.285. The van der Waals surface area contributed by atoms with Gasteiger partial charge in [0.05, 0.1) is 0 Å². The summed E-state index contributed by atoms with van der Waals surface area (Å²) >= 11 is 0. The van der Waals surface area contributed by atoms with E-state index in [0.717, 1.165) is 11.1 Å². The van der Waals surface area contributed by atoms with Gasteiger partial charge in [0.1, 0.15) is 18.5 Å². The highest BCUT2D eigenvalue weighted by Gasteiger charge is 2.16. The molecule has 0 unspecified atom stereocenters. The minimum Gasteiger partial charge on any atom is -0.359 e. The van der Waals surface area contributed by atoms with Crippen molar-refractivity contribution in [1.29, 1.82) is 0 Å². The Morgan fingerprint density at radius 2 is 1.46 bits per heavy atom. The maximum Gasteiger partial charge on any atom is 0.251 e. The van der Waals surface area contributed by atoms with Crippen molar-refractivity contribution in [3.05, 3.63) is 96.2 Å². The van der Waals surface area contributed by atoms with Crippen molar-refractivity contribution in [3.63, 3.8) is 0 Å². The van der Waals surface area contributed by atoms with Crippen molar-refractivity contribution in [2.24, 2.45) is 0 Å². The normalized spacial score (nSPS) is 10.5. The lowest BCUT2D eigenvalue weighted by Gasteiger charge is -2.18. The van der Waals surface area contributed by atoms with Crippen LogP contribution >= 0.6 is 0 Å². The van der Waals surface area contributed by atoms with Crippen LogP contribution in [0.15, 0.2) is 85.1 Å².